The molecule has 16 heavy (non-hydrogen) atoms. The first-order valence-electron chi connectivity index (χ1n) is 5.38. The number of para-hydroxylation sites is 1. The van der Waals surface area contributed by atoms with Gasteiger partial charge in [0.1, 0.15) is 11.5 Å². The highest BCUT2D eigenvalue weighted by Gasteiger charge is 2.20. The first-order chi connectivity index (χ1) is 7.83. The summed E-state index contributed by atoms with van der Waals surface area (Å²) in [5.41, 5.74) is 0. The molecule has 0 spiro atoms. The van der Waals surface area contributed by atoms with Gasteiger partial charge >= 0.3 is 0 Å². The van der Waals surface area contributed by atoms with Crippen molar-refractivity contribution >= 4 is 11.8 Å². The molecule has 1 aromatic rings. The Morgan fingerprint density at radius 2 is 2.12 bits per heavy atom. The summed E-state index contributed by atoms with van der Waals surface area (Å²) in [6, 6.07) is 8.16. The Morgan fingerprint density at radius 3 is 3.06 bits per heavy atom. The van der Waals surface area contributed by atoms with Gasteiger partial charge in [-0.05, 0) is 24.1 Å². The summed E-state index contributed by atoms with van der Waals surface area (Å²) in [4.78, 5) is 2.41. The molecule has 0 aromatic heterocycles. The zero-order valence-electron chi connectivity index (χ0n) is 9.01. The topological polar surface area (TPSA) is 9.23 Å². The highest BCUT2D eigenvalue weighted by atomic mass is 32.2. The van der Waals surface area contributed by atoms with Crippen LogP contribution < -0.4 is 4.74 Å². The van der Waals surface area contributed by atoms with Crippen molar-refractivity contribution in [2.45, 2.75) is 11.8 Å². The van der Waals surface area contributed by atoms with Gasteiger partial charge in [-0.3, -0.25) is 0 Å². The molecule has 1 aliphatic heterocycles. The number of hydrogen-bond donors (Lipinski definition) is 0. The lowest BCUT2D eigenvalue weighted by atomic mass is 10.1. The molecule has 0 amide bonds. The highest BCUT2D eigenvalue weighted by molar-refractivity contribution is 8.03. The Labute approximate surface area is 99.5 Å². The van der Waals surface area contributed by atoms with E-state index >= 15 is 0 Å². The average Bonchev–Trinajstić information content (AvgIpc) is 2.46. The van der Waals surface area contributed by atoms with Crippen LogP contribution in [0, 0.1) is 5.92 Å². The Hall–Kier alpha value is -1.41. The van der Waals surface area contributed by atoms with Crippen molar-refractivity contribution in [3.05, 3.63) is 59.2 Å². The number of hydrogen-bond acceptors (Lipinski definition) is 2. The van der Waals surface area contributed by atoms with Crippen LogP contribution in [0.5, 0.6) is 5.75 Å². The Kier molecular flexibility index (Phi) is 2.37. The van der Waals surface area contributed by atoms with E-state index in [9.17, 15) is 0 Å². The van der Waals surface area contributed by atoms with Gasteiger partial charge in [-0.25, -0.2) is 0 Å². The van der Waals surface area contributed by atoms with Crippen LogP contribution in [-0.4, -0.2) is 0 Å². The average molecular weight is 228 g/mol. The number of ether oxygens (including phenoxy) is 1. The summed E-state index contributed by atoms with van der Waals surface area (Å²) in [6.45, 7) is 2.18. The predicted octanol–water partition coefficient (Wildman–Crippen LogP) is 4.14. The van der Waals surface area contributed by atoms with Gasteiger partial charge in [0, 0.05) is 0 Å². The van der Waals surface area contributed by atoms with Crippen LogP contribution in [0.1, 0.15) is 6.92 Å². The molecule has 0 radical (unpaired) electrons. The van der Waals surface area contributed by atoms with E-state index in [-0.39, 0.29) is 0 Å². The largest absolute Gasteiger partial charge is 0.455 e. The lowest BCUT2D eigenvalue weighted by molar-refractivity contribution is 0.427. The van der Waals surface area contributed by atoms with Gasteiger partial charge in [0.25, 0.3) is 0 Å². The lowest BCUT2D eigenvalue weighted by Gasteiger charge is -2.21. The summed E-state index contributed by atoms with van der Waals surface area (Å²) >= 11 is 1.79. The van der Waals surface area contributed by atoms with Gasteiger partial charge < -0.3 is 4.74 Å². The van der Waals surface area contributed by atoms with Crippen molar-refractivity contribution in [2.24, 2.45) is 5.92 Å². The summed E-state index contributed by atoms with van der Waals surface area (Å²) < 4.78 is 5.88. The summed E-state index contributed by atoms with van der Waals surface area (Å²) in [5.74, 6) is 2.38. The normalized spacial score (nSPS) is 22.2. The van der Waals surface area contributed by atoms with Crippen molar-refractivity contribution in [1.29, 1.82) is 0 Å². The monoisotopic (exact) mass is 228 g/mol. The highest BCUT2D eigenvalue weighted by Crippen LogP contribution is 2.44. The van der Waals surface area contributed by atoms with Gasteiger partial charge in [-0.1, -0.05) is 49.0 Å². The Morgan fingerprint density at radius 1 is 1.25 bits per heavy atom. The summed E-state index contributed by atoms with van der Waals surface area (Å²) in [5, 5.41) is 0. The molecule has 0 saturated heterocycles. The molecule has 3 rings (SSSR count). The van der Waals surface area contributed by atoms with E-state index in [1.807, 2.05) is 24.3 Å². The standard InChI is InChI=1S/C14H12OS/c1-10-5-4-7-12-14(9-10)16-13-8-3-2-6-11(13)15-12/h2-10H,1H3. The SMILES string of the molecule is CC1C=CC=C2Oc3ccccc3SC2=C1. The van der Waals surface area contributed by atoms with Gasteiger partial charge in [0.05, 0.1) is 9.80 Å². The molecule has 1 aromatic carbocycles. The molecular weight excluding hydrogens is 216 g/mol. The molecule has 1 aliphatic carbocycles. The number of thioether (sulfide) groups is 1. The van der Waals surface area contributed by atoms with E-state index < -0.39 is 0 Å². The van der Waals surface area contributed by atoms with Crippen molar-refractivity contribution in [2.75, 3.05) is 0 Å². The van der Waals surface area contributed by atoms with Crippen LogP contribution in [0.4, 0.5) is 0 Å². The minimum absolute atomic E-state index is 0.463. The molecular formula is C14H12OS. The van der Waals surface area contributed by atoms with E-state index in [4.69, 9.17) is 4.74 Å². The third-order valence-electron chi connectivity index (χ3n) is 2.61. The maximum Gasteiger partial charge on any atom is 0.141 e. The van der Waals surface area contributed by atoms with E-state index in [0.29, 0.717) is 5.92 Å². The van der Waals surface area contributed by atoms with E-state index in [1.54, 1.807) is 11.8 Å². The first kappa shape index (κ1) is 9.79. The van der Waals surface area contributed by atoms with Gasteiger partial charge in [-0.15, -0.1) is 0 Å². The maximum absolute atomic E-state index is 5.88. The summed E-state index contributed by atoms with van der Waals surface area (Å²) in [6.07, 6.45) is 8.53. The van der Waals surface area contributed by atoms with Crippen molar-refractivity contribution in [3.63, 3.8) is 0 Å². The fourth-order valence-electron chi connectivity index (χ4n) is 1.80. The van der Waals surface area contributed by atoms with E-state index in [2.05, 4.69) is 31.2 Å². The number of rotatable bonds is 0. The predicted molar refractivity (Wildman–Crippen MR) is 67.4 cm³/mol. The van der Waals surface area contributed by atoms with Crippen LogP contribution in [0.15, 0.2) is 64.1 Å². The number of allylic oxidation sites excluding steroid dienone is 4. The second-order valence-electron chi connectivity index (χ2n) is 3.96. The van der Waals surface area contributed by atoms with Gasteiger partial charge in [0.15, 0.2) is 0 Å². The number of fused-ring (bicyclic) bond motifs is 2. The minimum atomic E-state index is 0.463. The molecule has 0 N–H and O–H groups in total. The van der Waals surface area contributed by atoms with Crippen LogP contribution >= 0.6 is 11.8 Å². The molecule has 80 valence electrons. The fourth-order valence-corrected chi connectivity index (χ4v) is 2.89. The smallest absolute Gasteiger partial charge is 0.141 e. The van der Waals surface area contributed by atoms with Crippen LogP contribution in [0.25, 0.3) is 0 Å². The second kappa shape index (κ2) is 3.87. The summed E-state index contributed by atoms with van der Waals surface area (Å²) in [7, 11) is 0. The van der Waals surface area contributed by atoms with Crippen molar-refractivity contribution in [1.82, 2.24) is 0 Å². The number of benzene rings is 1. The molecule has 0 bridgehead atoms. The molecule has 1 atom stereocenters. The zero-order valence-corrected chi connectivity index (χ0v) is 9.83. The zero-order chi connectivity index (χ0) is 11.0. The quantitative estimate of drug-likeness (QED) is 0.660. The van der Waals surface area contributed by atoms with Gasteiger partial charge in [-0.2, -0.15) is 0 Å². The van der Waals surface area contributed by atoms with Crippen molar-refractivity contribution in [3.8, 4) is 5.75 Å². The molecule has 2 aliphatic rings. The van der Waals surface area contributed by atoms with Gasteiger partial charge in [0.2, 0.25) is 0 Å². The van der Waals surface area contributed by atoms with E-state index in [1.165, 1.54) is 9.80 Å². The third kappa shape index (κ3) is 1.69. The Bertz CT molecular complexity index is 511. The first-order valence-corrected chi connectivity index (χ1v) is 6.20. The molecule has 1 unspecified atom stereocenters. The van der Waals surface area contributed by atoms with Crippen LogP contribution in [0.2, 0.25) is 0 Å². The minimum Gasteiger partial charge on any atom is -0.455 e. The molecule has 2 heteroatoms. The lowest BCUT2D eigenvalue weighted by Crippen LogP contribution is -2.03. The van der Waals surface area contributed by atoms with Crippen LogP contribution in [0.3, 0.4) is 0 Å². The Balaban J connectivity index is 2.06. The van der Waals surface area contributed by atoms with E-state index in [0.717, 1.165) is 11.5 Å². The third-order valence-corrected chi connectivity index (χ3v) is 3.72. The fraction of sp³-hybridized carbons (Fsp3) is 0.143. The molecule has 0 fully saturated rings. The molecule has 1 heterocycles. The van der Waals surface area contributed by atoms with Crippen LogP contribution in [-0.2, 0) is 0 Å². The second-order valence-corrected chi connectivity index (χ2v) is 5.04. The maximum atomic E-state index is 5.88. The molecule has 0 saturated carbocycles. The molecule has 1 nitrogen and oxygen atoms in total. The van der Waals surface area contributed by atoms with Crippen molar-refractivity contribution < 1.29 is 4.74 Å².